The van der Waals surface area contributed by atoms with Gasteiger partial charge >= 0.3 is 0 Å². The molecule has 2 rings (SSSR count). The van der Waals surface area contributed by atoms with Crippen LogP contribution in [0.25, 0.3) is 0 Å². The van der Waals surface area contributed by atoms with Gasteiger partial charge in [0.25, 0.3) is 5.91 Å². The van der Waals surface area contributed by atoms with Gasteiger partial charge in [-0.15, -0.1) is 0 Å². The minimum atomic E-state index is -1.37. The van der Waals surface area contributed by atoms with Crippen LogP contribution in [0.5, 0.6) is 5.88 Å². The first-order valence-electron chi connectivity index (χ1n) is 5.15. The summed E-state index contributed by atoms with van der Waals surface area (Å²) in [6.45, 7) is -0.493. The first-order chi connectivity index (χ1) is 8.47. The highest BCUT2D eigenvalue weighted by Gasteiger charge is 2.44. The van der Waals surface area contributed by atoms with E-state index in [1.165, 1.54) is 0 Å². The summed E-state index contributed by atoms with van der Waals surface area (Å²) in [5.41, 5.74) is 4.61. The SMILES string of the molecule is NC(=O)c1ncn([C@@H]2O[C@H](CO)[C@H](O)C2O)c1O. The number of imidazole rings is 1. The third-order valence-corrected chi connectivity index (χ3v) is 2.79. The number of aromatic hydroxyl groups is 1. The molecule has 1 amide bonds. The van der Waals surface area contributed by atoms with Crippen molar-refractivity contribution in [1.82, 2.24) is 9.55 Å². The number of nitrogens with zero attached hydrogens (tertiary/aromatic N) is 2. The topological polar surface area (TPSA) is 151 Å². The second-order valence-electron chi connectivity index (χ2n) is 3.92. The molecule has 100 valence electrons. The Morgan fingerprint density at radius 1 is 1.50 bits per heavy atom. The van der Waals surface area contributed by atoms with Gasteiger partial charge in [-0.3, -0.25) is 9.36 Å². The van der Waals surface area contributed by atoms with Crippen molar-refractivity contribution < 1.29 is 30.0 Å². The fourth-order valence-electron chi connectivity index (χ4n) is 1.82. The van der Waals surface area contributed by atoms with Crippen molar-refractivity contribution >= 4 is 5.91 Å². The molecule has 1 aliphatic heterocycles. The molecule has 0 saturated carbocycles. The molecule has 0 aromatic carbocycles. The third kappa shape index (κ3) is 1.82. The number of hydrogen-bond acceptors (Lipinski definition) is 7. The Balaban J connectivity index is 2.30. The average Bonchev–Trinajstić information content (AvgIpc) is 2.82. The maximum atomic E-state index is 10.9. The quantitative estimate of drug-likeness (QED) is 0.396. The average molecular weight is 259 g/mol. The summed E-state index contributed by atoms with van der Waals surface area (Å²) in [4.78, 5) is 14.5. The van der Waals surface area contributed by atoms with Crippen LogP contribution in [0.3, 0.4) is 0 Å². The number of rotatable bonds is 3. The number of carbonyl (C=O) groups excluding carboxylic acids is 1. The Bertz CT molecular complexity index is 461. The molecule has 0 aliphatic carbocycles. The van der Waals surface area contributed by atoms with Crippen LogP contribution >= 0.6 is 0 Å². The molecule has 9 heteroatoms. The van der Waals surface area contributed by atoms with E-state index in [4.69, 9.17) is 15.6 Å². The van der Waals surface area contributed by atoms with E-state index in [9.17, 15) is 20.1 Å². The number of hydrogen-bond donors (Lipinski definition) is 5. The van der Waals surface area contributed by atoms with Crippen LogP contribution in [0.4, 0.5) is 0 Å². The van der Waals surface area contributed by atoms with Gasteiger partial charge < -0.3 is 30.9 Å². The molecule has 1 saturated heterocycles. The van der Waals surface area contributed by atoms with Gasteiger partial charge in [-0.25, -0.2) is 4.98 Å². The number of aromatic nitrogens is 2. The number of carbonyl (C=O) groups is 1. The number of ether oxygens (including phenoxy) is 1. The van der Waals surface area contributed by atoms with E-state index < -0.39 is 42.9 Å². The van der Waals surface area contributed by atoms with Crippen molar-refractivity contribution in [3.8, 4) is 5.88 Å². The molecule has 0 bridgehead atoms. The summed E-state index contributed by atoms with van der Waals surface area (Å²) in [6.07, 6.45) is -3.76. The van der Waals surface area contributed by atoms with E-state index in [-0.39, 0.29) is 5.69 Å². The highest BCUT2D eigenvalue weighted by atomic mass is 16.6. The molecular weight excluding hydrogens is 246 g/mol. The number of aliphatic hydroxyl groups is 3. The Kier molecular flexibility index (Phi) is 3.22. The Hall–Kier alpha value is -1.68. The highest BCUT2D eigenvalue weighted by molar-refractivity contribution is 5.92. The first kappa shape index (κ1) is 12.8. The minimum absolute atomic E-state index is 0.368. The molecule has 9 nitrogen and oxygen atoms in total. The van der Waals surface area contributed by atoms with Gasteiger partial charge in [0.1, 0.15) is 24.6 Å². The Morgan fingerprint density at radius 2 is 2.17 bits per heavy atom. The lowest BCUT2D eigenvalue weighted by atomic mass is 10.1. The molecule has 0 radical (unpaired) electrons. The van der Waals surface area contributed by atoms with Crippen molar-refractivity contribution in [3.05, 3.63) is 12.0 Å². The van der Waals surface area contributed by atoms with E-state index in [1.807, 2.05) is 0 Å². The molecule has 1 unspecified atom stereocenters. The van der Waals surface area contributed by atoms with Crippen LogP contribution < -0.4 is 5.73 Å². The van der Waals surface area contributed by atoms with E-state index in [1.54, 1.807) is 0 Å². The van der Waals surface area contributed by atoms with Gasteiger partial charge in [0.05, 0.1) is 6.61 Å². The molecule has 4 atom stereocenters. The molecule has 2 heterocycles. The summed E-state index contributed by atoms with van der Waals surface area (Å²) < 4.78 is 6.12. The lowest BCUT2D eigenvalue weighted by Gasteiger charge is -2.16. The van der Waals surface area contributed by atoms with Crippen LogP contribution in [-0.2, 0) is 4.74 Å². The van der Waals surface area contributed by atoms with Crippen LogP contribution in [0.15, 0.2) is 6.33 Å². The number of amides is 1. The molecule has 1 fully saturated rings. The predicted molar refractivity (Wildman–Crippen MR) is 55.4 cm³/mol. The summed E-state index contributed by atoms with van der Waals surface area (Å²) in [5.74, 6) is -1.50. The minimum Gasteiger partial charge on any atom is -0.493 e. The molecular formula is C9H13N3O6. The van der Waals surface area contributed by atoms with E-state index >= 15 is 0 Å². The van der Waals surface area contributed by atoms with Crippen molar-refractivity contribution in [2.45, 2.75) is 24.5 Å². The van der Waals surface area contributed by atoms with Crippen LogP contribution in [0.1, 0.15) is 16.7 Å². The molecule has 18 heavy (non-hydrogen) atoms. The molecule has 0 spiro atoms. The zero-order valence-corrected chi connectivity index (χ0v) is 9.17. The Labute approximate surface area is 101 Å². The van der Waals surface area contributed by atoms with Gasteiger partial charge in [-0.2, -0.15) is 0 Å². The van der Waals surface area contributed by atoms with Crippen molar-refractivity contribution in [2.75, 3.05) is 6.61 Å². The van der Waals surface area contributed by atoms with Gasteiger partial charge in [-0.1, -0.05) is 0 Å². The monoisotopic (exact) mass is 259 g/mol. The van der Waals surface area contributed by atoms with E-state index in [0.29, 0.717) is 0 Å². The predicted octanol–water partition coefficient (Wildman–Crippen LogP) is -2.70. The van der Waals surface area contributed by atoms with Gasteiger partial charge in [0.2, 0.25) is 5.88 Å². The number of primary amides is 1. The largest absolute Gasteiger partial charge is 0.493 e. The summed E-state index contributed by atoms with van der Waals surface area (Å²) in [5, 5.41) is 37.9. The fourth-order valence-corrected chi connectivity index (χ4v) is 1.82. The molecule has 6 N–H and O–H groups in total. The Morgan fingerprint density at radius 3 is 2.61 bits per heavy atom. The van der Waals surface area contributed by atoms with Crippen LogP contribution in [0, 0.1) is 0 Å². The van der Waals surface area contributed by atoms with Crippen molar-refractivity contribution in [1.29, 1.82) is 0 Å². The molecule has 1 aromatic heterocycles. The van der Waals surface area contributed by atoms with Crippen molar-refractivity contribution in [3.63, 3.8) is 0 Å². The maximum absolute atomic E-state index is 10.9. The second-order valence-corrected chi connectivity index (χ2v) is 3.92. The molecule has 1 aromatic rings. The summed E-state index contributed by atoms with van der Waals surface area (Å²) in [7, 11) is 0. The van der Waals surface area contributed by atoms with Crippen LogP contribution in [-0.4, -0.2) is 60.8 Å². The normalized spacial score (nSPS) is 31.7. The lowest BCUT2D eigenvalue weighted by molar-refractivity contribution is -0.0553. The zero-order chi connectivity index (χ0) is 13.4. The van der Waals surface area contributed by atoms with Gasteiger partial charge in [0, 0.05) is 0 Å². The van der Waals surface area contributed by atoms with E-state index in [2.05, 4.69) is 4.98 Å². The van der Waals surface area contributed by atoms with Gasteiger partial charge in [0.15, 0.2) is 11.9 Å². The first-order valence-corrected chi connectivity index (χ1v) is 5.15. The lowest BCUT2D eigenvalue weighted by Crippen LogP contribution is -2.33. The van der Waals surface area contributed by atoms with Crippen molar-refractivity contribution in [2.24, 2.45) is 5.73 Å². The smallest absolute Gasteiger partial charge is 0.272 e. The molecule has 1 aliphatic rings. The van der Waals surface area contributed by atoms with E-state index in [0.717, 1.165) is 10.9 Å². The summed E-state index contributed by atoms with van der Waals surface area (Å²) >= 11 is 0. The fraction of sp³-hybridized carbons (Fsp3) is 0.556. The third-order valence-electron chi connectivity index (χ3n) is 2.79. The number of nitrogens with two attached hydrogens (primary N) is 1. The zero-order valence-electron chi connectivity index (χ0n) is 9.17. The summed E-state index contributed by atoms with van der Waals surface area (Å²) in [6, 6.07) is 0. The maximum Gasteiger partial charge on any atom is 0.272 e. The number of aliphatic hydroxyl groups excluding tert-OH is 3. The highest BCUT2D eigenvalue weighted by Crippen LogP contribution is 2.32. The second kappa shape index (κ2) is 4.53. The standard InChI is InChI=1S/C9H13N3O6/c10-7(16)4-8(17)12(2-11-4)9-6(15)5(14)3(1-13)18-9/h2-3,5-6,9,13-15,17H,1H2,(H2,10,16)/t3-,5+,6?,9-/m1/s1. The van der Waals surface area contributed by atoms with Crippen LogP contribution in [0.2, 0.25) is 0 Å². The van der Waals surface area contributed by atoms with Gasteiger partial charge in [-0.05, 0) is 0 Å².